The van der Waals surface area contributed by atoms with Gasteiger partial charge in [-0.25, -0.2) is 0 Å². The number of hydrogen-bond acceptors (Lipinski definition) is 5. The summed E-state index contributed by atoms with van der Waals surface area (Å²) < 4.78 is 33.2. The van der Waals surface area contributed by atoms with Crippen molar-refractivity contribution >= 4 is 16.0 Å². The van der Waals surface area contributed by atoms with Gasteiger partial charge in [-0.3, -0.25) is 9.35 Å². The van der Waals surface area contributed by atoms with Crippen LogP contribution in [0.2, 0.25) is 0 Å². The van der Waals surface area contributed by atoms with E-state index in [4.69, 9.17) is 0 Å². The fraction of sp³-hybridized carbons (Fsp3) is 0.967. The van der Waals surface area contributed by atoms with Crippen LogP contribution in [0.5, 0.6) is 0 Å². The predicted octanol–water partition coefficient (Wildman–Crippen LogP) is 4.71. The van der Waals surface area contributed by atoms with Crippen molar-refractivity contribution < 1.29 is 28.0 Å². The Bertz CT molecular complexity index is 987. The van der Waals surface area contributed by atoms with Gasteiger partial charge in [0.15, 0.2) is 0 Å². The number of aliphatic hydroxyl groups is 2. The lowest BCUT2D eigenvalue weighted by molar-refractivity contribution is -0.175. The van der Waals surface area contributed by atoms with Crippen LogP contribution >= 0.6 is 0 Å². The zero-order valence-corrected chi connectivity index (χ0v) is 24.5. The third kappa shape index (κ3) is 4.98. The third-order valence-corrected chi connectivity index (χ3v) is 14.1. The Morgan fingerprint density at radius 1 is 0.974 bits per heavy atom. The van der Waals surface area contributed by atoms with Gasteiger partial charge in [-0.15, -0.1) is 0 Å². The van der Waals surface area contributed by atoms with E-state index in [0.717, 1.165) is 57.8 Å². The molecule has 0 radical (unpaired) electrons. The molecule has 0 aromatic carbocycles. The average Bonchev–Trinajstić information content (AvgIpc) is 3.22. The van der Waals surface area contributed by atoms with Gasteiger partial charge in [0.05, 0.1) is 12.2 Å². The summed E-state index contributed by atoms with van der Waals surface area (Å²) in [5.74, 6) is 2.80. The molecule has 4 N–H and O–H groups in total. The SMILES string of the molecule is CC(CCC(=O)NC1CCCCC1S(=O)(=O)O)C1CCC2C3CCC4CC(O)CCC4(C)C3CC(O)C12C. The topological polar surface area (TPSA) is 124 Å². The molecule has 0 aliphatic heterocycles. The van der Waals surface area contributed by atoms with Crippen molar-refractivity contribution in [3.8, 4) is 0 Å². The first-order chi connectivity index (χ1) is 17.9. The largest absolute Gasteiger partial charge is 0.393 e. The first-order valence-electron chi connectivity index (χ1n) is 15.5. The van der Waals surface area contributed by atoms with E-state index in [1.165, 1.54) is 12.8 Å². The van der Waals surface area contributed by atoms with Crippen LogP contribution in [0.1, 0.15) is 111 Å². The summed E-state index contributed by atoms with van der Waals surface area (Å²) in [6, 6.07) is -0.510. The maximum Gasteiger partial charge on any atom is 0.269 e. The zero-order chi connectivity index (χ0) is 27.5. The van der Waals surface area contributed by atoms with Crippen LogP contribution < -0.4 is 5.32 Å². The maximum atomic E-state index is 12.9. The normalized spacial score (nSPS) is 47.9. The molecule has 0 saturated heterocycles. The van der Waals surface area contributed by atoms with Crippen molar-refractivity contribution in [2.24, 2.45) is 46.3 Å². The molecule has 5 aliphatic carbocycles. The van der Waals surface area contributed by atoms with E-state index >= 15 is 0 Å². The number of amides is 1. The summed E-state index contributed by atoms with van der Waals surface area (Å²) in [5.41, 5.74) is 0.0964. The second-order valence-electron chi connectivity index (χ2n) is 14.4. The molecule has 0 spiro atoms. The lowest BCUT2D eigenvalue weighted by Crippen LogP contribution is -2.58. The first kappa shape index (κ1) is 28.8. The summed E-state index contributed by atoms with van der Waals surface area (Å²) >= 11 is 0. The van der Waals surface area contributed by atoms with Crippen LogP contribution in [-0.2, 0) is 14.9 Å². The molecule has 218 valence electrons. The first-order valence-corrected chi connectivity index (χ1v) is 17.0. The summed E-state index contributed by atoms with van der Waals surface area (Å²) in [4.78, 5) is 12.9. The van der Waals surface area contributed by atoms with Crippen molar-refractivity contribution in [3.05, 3.63) is 0 Å². The highest BCUT2D eigenvalue weighted by Crippen LogP contribution is 2.68. The predicted molar refractivity (Wildman–Crippen MR) is 147 cm³/mol. The van der Waals surface area contributed by atoms with Gasteiger partial charge in [0.1, 0.15) is 5.25 Å². The van der Waals surface area contributed by atoms with E-state index in [9.17, 15) is 28.0 Å². The molecule has 0 aromatic heterocycles. The highest BCUT2D eigenvalue weighted by molar-refractivity contribution is 7.86. The van der Waals surface area contributed by atoms with E-state index in [-0.39, 0.29) is 28.9 Å². The monoisotopic (exact) mass is 553 g/mol. The van der Waals surface area contributed by atoms with Crippen LogP contribution in [0.3, 0.4) is 0 Å². The van der Waals surface area contributed by atoms with Crippen LogP contribution in [0.4, 0.5) is 0 Å². The summed E-state index contributed by atoms with van der Waals surface area (Å²) in [6.45, 7) is 7.00. The van der Waals surface area contributed by atoms with E-state index < -0.39 is 21.4 Å². The van der Waals surface area contributed by atoms with E-state index in [1.807, 2.05) is 0 Å². The fourth-order valence-corrected chi connectivity index (χ4v) is 11.7. The molecule has 0 heterocycles. The van der Waals surface area contributed by atoms with Gasteiger partial charge in [0, 0.05) is 12.5 Å². The third-order valence-electron chi connectivity index (χ3n) is 12.8. The number of carbonyl (C=O) groups is 1. The Morgan fingerprint density at radius 3 is 2.45 bits per heavy atom. The average molecular weight is 554 g/mol. The van der Waals surface area contributed by atoms with Gasteiger partial charge in [-0.1, -0.05) is 33.6 Å². The van der Waals surface area contributed by atoms with Gasteiger partial charge in [0.2, 0.25) is 5.91 Å². The van der Waals surface area contributed by atoms with Gasteiger partial charge < -0.3 is 15.5 Å². The summed E-state index contributed by atoms with van der Waals surface area (Å²) in [5, 5.41) is 24.1. The van der Waals surface area contributed by atoms with E-state index in [1.54, 1.807) is 0 Å². The Kier molecular flexibility index (Phi) is 8.04. The quantitative estimate of drug-likeness (QED) is 0.353. The highest BCUT2D eigenvalue weighted by Gasteiger charge is 2.63. The van der Waals surface area contributed by atoms with Crippen LogP contribution in [0, 0.1) is 46.3 Å². The van der Waals surface area contributed by atoms with Gasteiger partial charge in [0.25, 0.3) is 10.1 Å². The lowest BCUT2D eigenvalue weighted by Gasteiger charge is -2.62. The maximum absolute atomic E-state index is 12.9. The Morgan fingerprint density at radius 2 is 1.71 bits per heavy atom. The van der Waals surface area contributed by atoms with E-state index in [0.29, 0.717) is 54.8 Å². The smallest absolute Gasteiger partial charge is 0.269 e. The molecule has 12 atom stereocenters. The number of nitrogens with one attached hydrogen (secondary N) is 1. The van der Waals surface area contributed by atoms with Crippen molar-refractivity contribution in [2.45, 2.75) is 134 Å². The van der Waals surface area contributed by atoms with Crippen molar-refractivity contribution in [1.29, 1.82) is 0 Å². The molecule has 5 fully saturated rings. The zero-order valence-electron chi connectivity index (χ0n) is 23.6. The number of carbonyl (C=O) groups excluding carboxylic acids is 1. The molecule has 0 aromatic rings. The molecule has 38 heavy (non-hydrogen) atoms. The molecular weight excluding hydrogens is 502 g/mol. The van der Waals surface area contributed by atoms with Gasteiger partial charge >= 0.3 is 0 Å². The summed E-state index contributed by atoms with van der Waals surface area (Å²) in [7, 11) is -4.17. The van der Waals surface area contributed by atoms with Crippen LogP contribution in [-0.4, -0.2) is 52.6 Å². The molecule has 0 bridgehead atoms. The second kappa shape index (κ2) is 10.6. The molecule has 5 saturated carbocycles. The fourth-order valence-electron chi connectivity index (χ4n) is 10.6. The highest BCUT2D eigenvalue weighted by atomic mass is 32.2. The molecule has 8 heteroatoms. The van der Waals surface area contributed by atoms with Crippen molar-refractivity contribution in [1.82, 2.24) is 5.32 Å². The molecule has 1 amide bonds. The van der Waals surface area contributed by atoms with Crippen molar-refractivity contribution in [2.75, 3.05) is 0 Å². The molecule has 5 rings (SSSR count). The number of rotatable bonds is 6. The molecule has 7 nitrogen and oxygen atoms in total. The van der Waals surface area contributed by atoms with Gasteiger partial charge in [-0.2, -0.15) is 8.42 Å². The van der Waals surface area contributed by atoms with Crippen molar-refractivity contribution in [3.63, 3.8) is 0 Å². The molecular formula is C30H51NO6S. The van der Waals surface area contributed by atoms with Crippen LogP contribution in [0.25, 0.3) is 0 Å². The Balaban J connectivity index is 1.22. The minimum absolute atomic E-state index is 0.131. The number of aliphatic hydroxyl groups excluding tert-OH is 2. The molecule has 12 unspecified atom stereocenters. The number of fused-ring (bicyclic) bond motifs is 5. The van der Waals surface area contributed by atoms with Crippen LogP contribution in [0.15, 0.2) is 0 Å². The Labute approximate surface area is 229 Å². The standard InChI is InChI=1S/C30H51NO6S/c1-18(8-13-28(34)31-25-6-4-5-7-26(25)38(35,36)37)22-11-12-23-21-10-9-19-16-20(32)14-15-29(19,2)24(21)17-27(33)30(22,23)3/h18-27,32-33H,4-17H2,1-3H3,(H,31,34)(H,35,36,37). The van der Waals surface area contributed by atoms with E-state index in [2.05, 4.69) is 26.1 Å². The Hall–Kier alpha value is -0.700. The lowest BCUT2D eigenvalue weighted by atomic mass is 9.43. The minimum atomic E-state index is -4.17. The summed E-state index contributed by atoms with van der Waals surface area (Å²) in [6.07, 6.45) is 11.6. The minimum Gasteiger partial charge on any atom is -0.393 e. The number of hydrogen-bond donors (Lipinski definition) is 4. The molecule has 5 aliphatic rings. The van der Waals surface area contributed by atoms with Gasteiger partial charge in [-0.05, 0) is 117 Å². The second-order valence-corrected chi connectivity index (χ2v) is 16.0.